The molecule has 0 N–H and O–H groups in total. The predicted octanol–water partition coefficient (Wildman–Crippen LogP) is 5.11. The van der Waals surface area contributed by atoms with E-state index in [0.717, 1.165) is 18.4 Å². The van der Waals surface area contributed by atoms with Gasteiger partial charge in [0.2, 0.25) is 0 Å². The Balaban J connectivity index is 2.30. The topological polar surface area (TPSA) is 68.6 Å². The van der Waals surface area contributed by atoms with Gasteiger partial charge in [-0.2, -0.15) is 5.26 Å². The third-order valence-electron chi connectivity index (χ3n) is 4.52. The molecule has 28 heavy (non-hydrogen) atoms. The van der Waals surface area contributed by atoms with Crippen LogP contribution >= 0.6 is 0 Å². The van der Waals surface area contributed by atoms with E-state index >= 15 is 0 Å². The summed E-state index contributed by atoms with van der Waals surface area (Å²) >= 11 is 0. The quantitative estimate of drug-likeness (QED) is 0.276. The molecule has 2 rings (SSSR count). The molecule has 0 heterocycles. The van der Waals surface area contributed by atoms with E-state index in [4.69, 9.17) is 14.2 Å². The van der Waals surface area contributed by atoms with Gasteiger partial charge < -0.3 is 14.2 Å². The van der Waals surface area contributed by atoms with Gasteiger partial charge in [-0.25, -0.2) is 0 Å². The molecule has 5 heteroatoms. The Labute approximate surface area is 166 Å². The van der Waals surface area contributed by atoms with Crippen LogP contribution in [0.3, 0.4) is 0 Å². The smallest absolute Gasteiger partial charge is 0.314 e. The first-order valence-electron chi connectivity index (χ1n) is 9.22. The Morgan fingerprint density at radius 1 is 1.07 bits per heavy atom. The minimum atomic E-state index is -0.230. The molecule has 0 bridgehead atoms. The van der Waals surface area contributed by atoms with Gasteiger partial charge >= 0.3 is 5.97 Å². The zero-order valence-corrected chi connectivity index (χ0v) is 16.7. The number of ether oxygens (including phenoxy) is 3. The number of carbonyl (C=O) groups excluding carboxylic acids is 1. The summed E-state index contributed by atoms with van der Waals surface area (Å²) in [6.07, 6.45) is 3.23. The molecule has 0 unspecified atom stereocenters. The van der Waals surface area contributed by atoms with Crippen molar-refractivity contribution in [2.75, 3.05) is 14.2 Å². The molecule has 0 saturated carbocycles. The molecule has 0 atom stereocenters. The molecule has 146 valence electrons. The van der Waals surface area contributed by atoms with Crippen LogP contribution in [0, 0.1) is 17.2 Å². The Morgan fingerprint density at radius 3 is 2.39 bits per heavy atom. The first-order valence-corrected chi connectivity index (χ1v) is 9.22. The number of hydrogen-bond donors (Lipinski definition) is 0. The second-order valence-electron chi connectivity index (χ2n) is 6.25. The minimum Gasteiger partial charge on any atom is -0.493 e. The SMILES string of the molecule is CCC(CC)C(=O)Oc1cccc(/C=C(/C#N)c2ccc(OC)c(OC)c2)c1. The highest BCUT2D eigenvalue weighted by atomic mass is 16.5. The Kier molecular flexibility index (Phi) is 7.65. The zero-order chi connectivity index (χ0) is 20.5. The number of carbonyl (C=O) groups is 1. The Morgan fingerprint density at radius 2 is 1.79 bits per heavy atom. The van der Waals surface area contributed by atoms with Crippen LogP contribution in [0.15, 0.2) is 42.5 Å². The van der Waals surface area contributed by atoms with Crippen LogP contribution < -0.4 is 14.2 Å². The lowest BCUT2D eigenvalue weighted by Gasteiger charge is -2.12. The fourth-order valence-corrected chi connectivity index (χ4v) is 2.84. The van der Waals surface area contributed by atoms with Crippen molar-refractivity contribution in [3.63, 3.8) is 0 Å². The molecule has 0 spiro atoms. The summed E-state index contributed by atoms with van der Waals surface area (Å²) in [5, 5.41) is 9.61. The van der Waals surface area contributed by atoms with Gasteiger partial charge in [0.25, 0.3) is 0 Å². The molecular formula is C23H25NO4. The van der Waals surface area contributed by atoms with Gasteiger partial charge in [-0.3, -0.25) is 4.79 Å². The van der Waals surface area contributed by atoms with Crippen LogP contribution in [-0.4, -0.2) is 20.2 Å². The molecule has 0 aliphatic carbocycles. The number of rotatable bonds is 8. The number of esters is 1. The summed E-state index contributed by atoms with van der Waals surface area (Å²) in [4.78, 5) is 12.2. The van der Waals surface area contributed by atoms with E-state index in [1.54, 1.807) is 56.7 Å². The normalized spacial score (nSPS) is 11.1. The van der Waals surface area contributed by atoms with E-state index in [1.165, 1.54) is 0 Å². The van der Waals surface area contributed by atoms with Gasteiger partial charge in [-0.1, -0.05) is 26.0 Å². The molecule has 0 aromatic heterocycles. The van der Waals surface area contributed by atoms with Crippen molar-refractivity contribution in [3.05, 3.63) is 53.6 Å². The molecule has 0 radical (unpaired) electrons. The van der Waals surface area contributed by atoms with E-state index in [1.807, 2.05) is 19.9 Å². The number of nitrogens with zero attached hydrogens (tertiary/aromatic N) is 1. The highest BCUT2D eigenvalue weighted by molar-refractivity contribution is 5.90. The molecule has 0 aliphatic heterocycles. The highest BCUT2D eigenvalue weighted by Gasteiger charge is 2.16. The average molecular weight is 379 g/mol. The number of nitriles is 1. The van der Waals surface area contributed by atoms with E-state index in [0.29, 0.717) is 28.4 Å². The van der Waals surface area contributed by atoms with Crippen LogP contribution in [0.2, 0.25) is 0 Å². The van der Waals surface area contributed by atoms with Gasteiger partial charge in [0, 0.05) is 0 Å². The maximum absolute atomic E-state index is 12.2. The third kappa shape index (κ3) is 5.14. The maximum atomic E-state index is 12.2. The van der Waals surface area contributed by atoms with Crippen LogP contribution in [0.25, 0.3) is 11.6 Å². The first-order chi connectivity index (χ1) is 13.6. The molecule has 0 fully saturated rings. The summed E-state index contributed by atoms with van der Waals surface area (Å²) in [5.74, 6) is 1.27. The summed E-state index contributed by atoms with van der Waals surface area (Å²) in [5.41, 5.74) is 1.94. The highest BCUT2D eigenvalue weighted by Crippen LogP contribution is 2.31. The molecule has 2 aromatic rings. The Bertz CT molecular complexity index is 892. The van der Waals surface area contributed by atoms with E-state index < -0.39 is 0 Å². The van der Waals surface area contributed by atoms with Gasteiger partial charge in [0.05, 0.1) is 31.8 Å². The molecular weight excluding hydrogens is 354 g/mol. The lowest BCUT2D eigenvalue weighted by molar-refractivity contribution is -0.139. The van der Waals surface area contributed by atoms with E-state index in [-0.39, 0.29) is 11.9 Å². The lowest BCUT2D eigenvalue weighted by Crippen LogP contribution is -2.19. The van der Waals surface area contributed by atoms with Crippen molar-refractivity contribution in [2.24, 2.45) is 5.92 Å². The lowest BCUT2D eigenvalue weighted by atomic mass is 10.0. The maximum Gasteiger partial charge on any atom is 0.314 e. The summed E-state index contributed by atoms with van der Waals surface area (Å²) in [6, 6.07) is 14.7. The van der Waals surface area contributed by atoms with Crippen LogP contribution in [0.5, 0.6) is 17.2 Å². The fourth-order valence-electron chi connectivity index (χ4n) is 2.84. The molecule has 0 saturated heterocycles. The largest absolute Gasteiger partial charge is 0.493 e. The van der Waals surface area contributed by atoms with Crippen LogP contribution in [-0.2, 0) is 4.79 Å². The number of benzene rings is 2. The predicted molar refractivity (Wildman–Crippen MR) is 109 cm³/mol. The summed E-state index contributed by atoms with van der Waals surface area (Å²) < 4.78 is 16.0. The first kappa shape index (κ1) is 21.0. The number of methoxy groups -OCH3 is 2. The van der Waals surface area contributed by atoms with Crippen molar-refractivity contribution in [2.45, 2.75) is 26.7 Å². The third-order valence-corrected chi connectivity index (χ3v) is 4.52. The second-order valence-corrected chi connectivity index (χ2v) is 6.25. The molecule has 0 amide bonds. The van der Waals surface area contributed by atoms with Crippen molar-refractivity contribution < 1.29 is 19.0 Å². The van der Waals surface area contributed by atoms with Gasteiger partial charge in [-0.05, 0) is 60.4 Å². The number of allylic oxidation sites excluding steroid dienone is 1. The monoisotopic (exact) mass is 379 g/mol. The zero-order valence-electron chi connectivity index (χ0n) is 16.7. The Hall–Kier alpha value is -3.26. The summed E-state index contributed by atoms with van der Waals surface area (Å²) in [6.45, 7) is 3.94. The van der Waals surface area contributed by atoms with Crippen molar-refractivity contribution in [1.29, 1.82) is 5.26 Å². The van der Waals surface area contributed by atoms with Crippen LogP contribution in [0.4, 0.5) is 0 Å². The number of hydrogen-bond acceptors (Lipinski definition) is 5. The van der Waals surface area contributed by atoms with Gasteiger partial charge in [0.15, 0.2) is 11.5 Å². The minimum absolute atomic E-state index is 0.111. The van der Waals surface area contributed by atoms with E-state index in [2.05, 4.69) is 6.07 Å². The van der Waals surface area contributed by atoms with Gasteiger partial charge in [-0.15, -0.1) is 0 Å². The molecule has 5 nitrogen and oxygen atoms in total. The second kappa shape index (κ2) is 10.2. The van der Waals surface area contributed by atoms with Crippen molar-refractivity contribution in [1.82, 2.24) is 0 Å². The van der Waals surface area contributed by atoms with Crippen LogP contribution in [0.1, 0.15) is 37.8 Å². The standard InChI is InChI=1S/C23H25NO4/c1-5-17(6-2)23(25)28-20-9-7-8-16(13-20)12-19(15-24)18-10-11-21(26-3)22(14-18)27-4/h7-14,17H,5-6H2,1-4H3/b19-12-. The molecule has 2 aromatic carbocycles. The molecule has 0 aliphatic rings. The summed E-state index contributed by atoms with van der Waals surface area (Å²) in [7, 11) is 3.11. The fraction of sp³-hybridized carbons (Fsp3) is 0.304. The average Bonchev–Trinajstić information content (AvgIpc) is 2.72. The van der Waals surface area contributed by atoms with Gasteiger partial charge in [0.1, 0.15) is 5.75 Å². The van der Waals surface area contributed by atoms with Crippen molar-refractivity contribution in [3.8, 4) is 23.3 Å². The van der Waals surface area contributed by atoms with E-state index in [9.17, 15) is 10.1 Å². The van der Waals surface area contributed by atoms with Crippen molar-refractivity contribution >= 4 is 17.6 Å².